The summed E-state index contributed by atoms with van der Waals surface area (Å²) >= 11 is 5.21. The summed E-state index contributed by atoms with van der Waals surface area (Å²) in [6.07, 6.45) is 2.71. The Morgan fingerprint density at radius 3 is 2.52 bits per heavy atom. The topological polar surface area (TPSA) is 56.5 Å². The molecule has 0 saturated carbocycles. The number of hydrogen-bond acceptors (Lipinski definition) is 4. The Bertz CT molecular complexity index is 668. The van der Waals surface area contributed by atoms with Crippen molar-refractivity contribution in [3.05, 3.63) is 53.8 Å². The van der Waals surface area contributed by atoms with Gasteiger partial charge in [-0.25, -0.2) is 4.79 Å². The van der Waals surface area contributed by atoms with Crippen LogP contribution in [0.25, 0.3) is 17.4 Å². The number of halogens is 1. The van der Waals surface area contributed by atoms with E-state index in [1.54, 1.807) is 43.3 Å². The summed E-state index contributed by atoms with van der Waals surface area (Å²) < 4.78 is 10.5. The summed E-state index contributed by atoms with van der Waals surface area (Å²) in [6.45, 7) is 2.10. The van der Waals surface area contributed by atoms with Crippen molar-refractivity contribution in [2.24, 2.45) is 0 Å². The van der Waals surface area contributed by atoms with Crippen LogP contribution >= 0.6 is 11.6 Å². The molecule has 0 saturated heterocycles. The maximum Gasteiger partial charge on any atom is 0.338 e. The van der Waals surface area contributed by atoms with Gasteiger partial charge >= 0.3 is 5.97 Å². The zero-order chi connectivity index (χ0) is 15.2. The number of hydrogen-bond donors (Lipinski definition) is 0. The highest BCUT2D eigenvalue weighted by Gasteiger charge is 2.08. The van der Waals surface area contributed by atoms with Crippen molar-refractivity contribution in [1.29, 1.82) is 0 Å². The number of rotatable bonds is 5. The van der Waals surface area contributed by atoms with E-state index in [0.29, 0.717) is 23.7 Å². The standard InChI is InChI=1S/C16H13ClO4/c1-2-20-16(19)12-5-3-11(4-6-12)14-9-7-13(21-14)8-10-15(17)18/h3-10H,2H2,1H3. The van der Waals surface area contributed by atoms with E-state index in [0.717, 1.165) is 5.56 Å². The highest BCUT2D eigenvalue weighted by Crippen LogP contribution is 2.23. The van der Waals surface area contributed by atoms with E-state index in [2.05, 4.69) is 0 Å². The molecule has 4 nitrogen and oxygen atoms in total. The van der Waals surface area contributed by atoms with E-state index in [-0.39, 0.29) is 5.97 Å². The van der Waals surface area contributed by atoms with Gasteiger partial charge in [0.2, 0.25) is 5.24 Å². The van der Waals surface area contributed by atoms with Crippen molar-refractivity contribution >= 4 is 28.9 Å². The molecule has 0 aliphatic carbocycles. The van der Waals surface area contributed by atoms with Crippen molar-refractivity contribution in [2.45, 2.75) is 6.92 Å². The molecule has 0 N–H and O–H groups in total. The first-order valence-electron chi connectivity index (χ1n) is 6.35. The van der Waals surface area contributed by atoms with Gasteiger partial charge in [-0.3, -0.25) is 4.79 Å². The molecule has 2 rings (SSSR count). The predicted molar refractivity (Wildman–Crippen MR) is 80.0 cm³/mol. The monoisotopic (exact) mass is 304 g/mol. The van der Waals surface area contributed by atoms with Crippen LogP contribution < -0.4 is 0 Å². The van der Waals surface area contributed by atoms with Gasteiger partial charge in [-0.15, -0.1) is 0 Å². The first-order chi connectivity index (χ1) is 10.1. The normalized spacial score (nSPS) is 10.8. The molecule has 0 atom stereocenters. The van der Waals surface area contributed by atoms with Crippen molar-refractivity contribution in [1.82, 2.24) is 0 Å². The molecule has 108 valence electrons. The third-order valence-corrected chi connectivity index (χ3v) is 2.81. The average molecular weight is 305 g/mol. The van der Waals surface area contributed by atoms with Crippen LogP contribution in [0.3, 0.4) is 0 Å². The van der Waals surface area contributed by atoms with Crippen LogP contribution in [0.4, 0.5) is 0 Å². The first-order valence-corrected chi connectivity index (χ1v) is 6.73. The number of benzene rings is 1. The highest BCUT2D eigenvalue weighted by atomic mass is 35.5. The minimum atomic E-state index is -0.563. The Morgan fingerprint density at radius 1 is 1.19 bits per heavy atom. The molecule has 21 heavy (non-hydrogen) atoms. The summed E-state index contributed by atoms with van der Waals surface area (Å²) in [5.41, 5.74) is 1.31. The van der Waals surface area contributed by atoms with Gasteiger partial charge in [-0.1, -0.05) is 12.1 Å². The van der Waals surface area contributed by atoms with Crippen LogP contribution in [0.1, 0.15) is 23.0 Å². The smallest absolute Gasteiger partial charge is 0.338 e. The second-order valence-corrected chi connectivity index (χ2v) is 4.51. The fourth-order valence-corrected chi connectivity index (χ4v) is 1.79. The predicted octanol–water partition coefficient (Wildman–Crippen LogP) is 3.90. The van der Waals surface area contributed by atoms with Crippen molar-refractivity contribution in [3.63, 3.8) is 0 Å². The van der Waals surface area contributed by atoms with Crippen molar-refractivity contribution in [2.75, 3.05) is 6.61 Å². The molecule has 0 radical (unpaired) electrons. The number of carbonyl (C=O) groups excluding carboxylic acids is 2. The number of allylic oxidation sites excluding steroid dienone is 1. The van der Waals surface area contributed by atoms with E-state index < -0.39 is 5.24 Å². The third-order valence-electron chi connectivity index (χ3n) is 2.69. The number of esters is 1. The van der Waals surface area contributed by atoms with Gasteiger partial charge in [0.05, 0.1) is 12.2 Å². The fraction of sp³-hybridized carbons (Fsp3) is 0.125. The molecule has 0 aliphatic rings. The third kappa shape index (κ3) is 4.07. The minimum Gasteiger partial charge on any atom is -0.462 e. The summed E-state index contributed by atoms with van der Waals surface area (Å²) in [6, 6.07) is 10.4. The molecule has 5 heteroatoms. The van der Waals surface area contributed by atoms with Crippen molar-refractivity contribution in [3.8, 4) is 11.3 Å². The molecule has 2 aromatic rings. The van der Waals surface area contributed by atoms with E-state index in [1.165, 1.54) is 12.2 Å². The Hall–Kier alpha value is -2.33. The van der Waals surface area contributed by atoms with E-state index in [9.17, 15) is 9.59 Å². The fourth-order valence-electron chi connectivity index (χ4n) is 1.73. The van der Waals surface area contributed by atoms with Gasteiger partial charge < -0.3 is 9.15 Å². The summed E-state index contributed by atoms with van der Waals surface area (Å²) in [5.74, 6) is 0.799. The van der Waals surface area contributed by atoms with Crippen LogP contribution in [-0.4, -0.2) is 17.8 Å². The first kappa shape index (κ1) is 15.1. The Balaban J connectivity index is 2.15. The van der Waals surface area contributed by atoms with Gasteiger partial charge in [0, 0.05) is 11.6 Å². The largest absolute Gasteiger partial charge is 0.462 e. The number of carbonyl (C=O) groups is 2. The lowest BCUT2D eigenvalue weighted by molar-refractivity contribution is -0.107. The Morgan fingerprint density at radius 2 is 1.90 bits per heavy atom. The lowest BCUT2D eigenvalue weighted by Gasteiger charge is -2.02. The van der Waals surface area contributed by atoms with E-state index in [1.807, 2.05) is 0 Å². The van der Waals surface area contributed by atoms with Crippen LogP contribution in [0.5, 0.6) is 0 Å². The molecule has 0 spiro atoms. The Kier molecular flexibility index (Phi) is 4.95. The number of furan rings is 1. The zero-order valence-electron chi connectivity index (χ0n) is 11.3. The quantitative estimate of drug-likeness (QED) is 0.477. The summed E-state index contributed by atoms with van der Waals surface area (Å²) in [4.78, 5) is 22.2. The van der Waals surface area contributed by atoms with Gasteiger partial charge in [-0.2, -0.15) is 0 Å². The second-order valence-electron chi connectivity index (χ2n) is 4.14. The summed E-state index contributed by atoms with van der Waals surface area (Å²) in [7, 11) is 0. The molecule has 0 aliphatic heterocycles. The van der Waals surface area contributed by atoms with E-state index in [4.69, 9.17) is 20.8 Å². The van der Waals surface area contributed by atoms with Crippen LogP contribution in [0.2, 0.25) is 0 Å². The maximum atomic E-state index is 11.5. The average Bonchev–Trinajstić information content (AvgIpc) is 2.94. The minimum absolute atomic E-state index is 0.341. The van der Waals surface area contributed by atoms with Crippen LogP contribution in [-0.2, 0) is 9.53 Å². The van der Waals surface area contributed by atoms with Crippen molar-refractivity contribution < 1.29 is 18.7 Å². The van der Waals surface area contributed by atoms with Gasteiger partial charge in [-0.05, 0) is 48.9 Å². The van der Waals surface area contributed by atoms with Crippen LogP contribution in [0.15, 0.2) is 46.9 Å². The summed E-state index contributed by atoms with van der Waals surface area (Å²) in [5, 5.41) is -0.563. The van der Waals surface area contributed by atoms with Gasteiger partial charge in [0.15, 0.2) is 0 Å². The number of ether oxygens (including phenoxy) is 1. The molecular weight excluding hydrogens is 292 g/mol. The van der Waals surface area contributed by atoms with E-state index >= 15 is 0 Å². The molecule has 0 fully saturated rings. The molecule has 1 aromatic carbocycles. The maximum absolute atomic E-state index is 11.5. The molecule has 0 bridgehead atoms. The highest BCUT2D eigenvalue weighted by molar-refractivity contribution is 6.66. The SMILES string of the molecule is CCOC(=O)c1ccc(-c2ccc(C=CC(=O)Cl)o2)cc1. The van der Waals surface area contributed by atoms with Gasteiger partial charge in [0.1, 0.15) is 11.5 Å². The lowest BCUT2D eigenvalue weighted by Crippen LogP contribution is -2.03. The molecule has 0 amide bonds. The molecule has 1 heterocycles. The Labute approximate surface area is 127 Å². The second kappa shape index (κ2) is 6.90. The zero-order valence-corrected chi connectivity index (χ0v) is 12.1. The lowest BCUT2D eigenvalue weighted by atomic mass is 10.1. The molecular formula is C16H13ClO4. The van der Waals surface area contributed by atoms with Crippen LogP contribution in [0, 0.1) is 0 Å². The molecule has 0 unspecified atom stereocenters. The molecule has 1 aromatic heterocycles. The van der Waals surface area contributed by atoms with Gasteiger partial charge in [0.25, 0.3) is 0 Å².